The summed E-state index contributed by atoms with van der Waals surface area (Å²) < 4.78 is 25.6. The molecule has 3 amide bonds. The van der Waals surface area contributed by atoms with Gasteiger partial charge >= 0.3 is 6.03 Å². The van der Waals surface area contributed by atoms with E-state index in [0.717, 1.165) is 6.07 Å². The van der Waals surface area contributed by atoms with Crippen molar-refractivity contribution in [2.75, 3.05) is 24.2 Å². The third-order valence-electron chi connectivity index (χ3n) is 5.97. The summed E-state index contributed by atoms with van der Waals surface area (Å²) in [5.41, 5.74) is 1.52. The predicted molar refractivity (Wildman–Crippen MR) is 135 cm³/mol. The lowest BCUT2D eigenvalue weighted by Gasteiger charge is -2.43. The molecule has 0 radical (unpaired) electrons. The maximum absolute atomic E-state index is 14.8. The first-order valence-electron chi connectivity index (χ1n) is 11.5. The van der Waals surface area contributed by atoms with Crippen molar-refractivity contribution in [3.8, 4) is 5.75 Å². The lowest BCUT2D eigenvalue weighted by Crippen LogP contribution is -2.60. The zero-order valence-corrected chi connectivity index (χ0v) is 20.7. The first-order chi connectivity index (χ1) is 17.7. The molecule has 12 heteroatoms. The second-order valence-corrected chi connectivity index (χ2v) is 8.55. The number of aliphatic hydroxyl groups excluding tert-OH is 1. The van der Waals surface area contributed by atoms with Crippen molar-refractivity contribution in [1.82, 2.24) is 15.0 Å². The molecule has 0 aliphatic carbocycles. The lowest BCUT2D eigenvalue weighted by atomic mass is 9.99. The number of nitrogens with one attached hydrogen (secondary N) is 3. The summed E-state index contributed by atoms with van der Waals surface area (Å²) in [6, 6.07) is 4.54. The number of carbonyl (C=O) groups is 2. The van der Waals surface area contributed by atoms with Crippen LogP contribution in [0.5, 0.6) is 5.75 Å². The quantitative estimate of drug-likeness (QED) is 0.282. The van der Waals surface area contributed by atoms with Gasteiger partial charge in [-0.15, -0.1) is 0 Å². The molecule has 1 aromatic carbocycles. The normalized spacial score (nSPS) is 17.6. The highest BCUT2D eigenvalue weighted by Crippen LogP contribution is 2.29. The number of benzene rings is 1. The molecule has 2 atom stereocenters. The van der Waals surface area contributed by atoms with Crippen LogP contribution >= 0.6 is 0 Å². The van der Waals surface area contributed by atoms with Gasteiger partial charge < -0.3 is 29.6 Å². The Balaban J connectivity index is 1.50. The molecule has 0 bridgehead atoms. The van der Waals surface area contributed by atoms with Crippen LogP contribution < -0.4 is 15.4 Å². The van der Waals surface area contributed by atoms with Gasteiger partial charge in [-0.05, 0) is 38.5 Å². The summed E-state index contributed by atoms with van der Waals surface area (Å²) in [5, 5.41) is 18.3. The van der Waals surface area contributed by atoms with Crippen LogP contribution in [0.4, 0.5) is 20.7 Å². The molecule has 1 aliphatic rings. The molecule has 4 N–H and O–H groups in total. The SMILES string of the molecule is CN=C/C=C(/Oc1ccc(NC(=O)Nc2cc(C)on2)c(F)c1)c1[nH]cc(C(=O)N2C[C@@H](O)[C@H]2C)c1C. The number of likely N-dealkylation sites (tertiary alicyclic amines) is 1. The summed E-state index contributed by atoms with van der Waals surface area (Å²) in [6.07, 6.45) is 4.13. The number of anilines is 2. The molecule has 11 nitrogen and oxygen atoms in total. The van der Waals surface area contributed by atoms with Gasteiger partial charge in [-0.25, -0.2) is 9.18 Å². The largest absolute Gasteiger partial charge is 0.455 e. The summed E-state index contributed by atoms with van der Waals surface area (Å²) in [6.45, 7) is 5.50. The first kappa shape index (κ1) is 25.6. The van der Waals surface area contributed by atoms with Gasteiger partial charge in [-0.2, -0.15) is 0 Å². The van der Waals surface area contributed by atoms with E-state index in [4.69, 9.17) is 9.26 Å². The van der Waals surface area contributed by atoms with E-state index in [2.05, 4.69) is 25.8 Å². The van der Waals surface area contributed by atoms with Crippen LogP contribution in [0.1, 0.15) is 34.3 Å². The molecule has 1 aliphatic heterocycles. The van der Waals surface area contributed by atoms with E-state index in [1.54, 1.807) is 45.0 Å². The molecular formula is C25H27FN6O5. The molecule has 3 heterocycles. The van der Waals surface area contributed by atoms with Crippen LogP contribution in [-0.2, 0) is 0 Å². The fourth-order valence-electron chi connectivity index (χ4n) is 3.78. The molecule has 2 aromatic heterocycles. The van der Waals surface area contributed by atoms with Crippen LogP contribution in [0, 0.1) is 19.7 Å². The van der Waals surface area contributed by atoms with Gasteiger partial charge in [0.2, 0.25) is 0 Å². The van der Waals surface area contributed by atoms with Gasteiger partial charge in [0.05, 0.1) is 29.1 Å². The van der Waals surface area contributed by atoms with Gasteiger partial charge in [0.15, 0.2) is 11.6 Å². The standard InChI is InChI=1S/C25H27FN6O5/c1-13-9-22(31-37-13)30-25(35)29-19-6-5-16(10-18(19)26)36-21(7-8-27-4)23-14(2)17(11-28-23)24(34)32-12-20(33)15(32)3/h5-11,15,20,28,33H,12H2,1-4H3,(H2,29,30,31,35)/b21-7+,27-8?/t15-,20-/m1/s1. The van der Waals surface area contributed by atoms with Crippen molar-refractivity contribution in [3.63, 3.8) is 0 Å². The fourth-order valence-corrected chi connectivity index (χ4v) is 3.78. The van der Waals surface area contributed by atoms with Gasteiger partial charge in [0.1, 0.15) is 17.3 Å². The number of urea groups is 1. The van der Waals surface area contributed by atoms with E-state index in [-0.39, 0.29) is 35.7 Å². The topological polar surface area (TPSA) is 145 Å². The van der Waals surface area contributed by atoms with Crippen molar-refractivity contribution in [2.24, 2.45) is 4.99 Å². The minimum atomic E-state index is -0.725. The summed E-state index contributed by atoms with van der Waals surface area (Å²) in [5.74, 6) is 0.244. The van der Waals surface area contributed by atoms with E-state index in [1.807, 2.05) is 0 Å². The molecule has 1 fully saturated rings. The highest BCUT2D eigenvalue weighted by atomic mass is 19.1. The minimum Gasteiger partial charge on any atom is -0.455 e. The Bertz CT molecular complexity index is 1380. The van der Waals surface area contributed by atoms with Crippen molar-refractivity contribution in [3.05, 3.63) is 64.9 Å². The predicted octanol–water partition coefficient (Wildman–Crippen LogP) is 3.73. The van der Waals surface area contributed by atoms with Crippen molar-refractivity contribution in [2.45, 2.75) is 32.9 Å². The number of carbonyl (C=O) groups excluding carboxylic acids is 2. The number of aromatic nitrogens is 2. The average Bonchev–Trinajstić information content (AvgIpc) is 3.45. The maximum Gasteiger partial charge on any atom is 0.325 e. The number of aryl methyl sites for hydroxylation is 1. The monoisotopic (exact) mass is 510 g/mol. The van der Waals surface area contributed by atoms with Crippen LogP contribution in [0.2, 0.25) is 0 Å². The lowest BCUT2D eigenvalue weighted by molar-refractivity contribution is -0.0357. The molecule has 0 unspecified atom stereocenters. The van der Waals surface area contributed by atoms with Crippen molar-refractivity contribution in [1.29, 1.82) is 0 Å². The summed E-state index contributed by atoms with van der Waals surface area (Å²) in [7, 11) is 1.59. The Labute approximate surface area is 212 Å². The van der Waals surface area contributed by atoms with Gasteiger partial charge in [0.25, 0.3) is 5.91 Å². The van der Waals surface area contributed by atoms with Crippen LogP contribution in [0.25, 0.3) is 5.76 Å². The number of hydrogen-bond acceptors (Lipinski definition) is 7. The zero-order valence-electron chi connectivity index (χ0n) is 20.7. The first-order valence-corrected chi connectivity index (χ1v) is 11.5. The number of ether oxygens (including phenoxy) is 1. The van der Waals surface area contributed by atoms with Gasteiger partial charge in [-0.3, -0.25) is 15.1 Å². The van der Waals surface area contributed by atoms with Gasteiger partial charge in [0, 0.05) is 44.2 Å². The molecule has 37 heavy (non-hydrogen) atoms. The smallest absolute Gasteiger partial charge is 0.325 e. The van der Waals surface area contributed by atoms with Crippen LogP contribution in [0.3, 0.4) is 0 Å². The molecular weight excluding hydrogens is 483 g/mol. The fraction of sp³-hybridized carbons (Fsp3) is 0.280. The number of nitrogens with zero attached hydrogens (tertiary/aromatic N) is 3. The minimum absolute atomic E-state index is 0.0690. The second-order valence-electron chi connectivity index (χ2n) is 8.55. The van der Waals surface area contributed by atoms with E-state index in [1.165, 1.54) is 24.4 Å². The Morgan fingerprint density at radius 3 is 2.73 bits per heavy atom. The number of halogens is 1. The Morgan fingerprint density at radius 1 is 1.32 bits per heavy atom. The number of aliphatic imine (C=N–C) groups is 1. The molecule has 0 spiro atoms. The number of aromatic amines is 1. The Kier molecular flexibility index (Phi) is 7.39. The highest BCUT2D eigenvalue weighted by molar-refractivity contribution is 5.99. The molecule has 0 saturated carbocycles. The van der Waals surface area contributed by atoms with E-state index >= 15 is 0 Å². The number of hydrogen-bond donors (Lipinski definition) is 4. The number of H-pyrrole nitrogens is 1. The number of amides is 3. The van der Waals surface area contributed by atoms with E-state index < -0.39 is 18.0 Å². The Morgan fingerprint density at radius 2 is 2.11 bits per heavy atom. The summed E-state index contributed by atoms with van der Waals surface area (Å²) in [4.78, 5) is 33.6. The van der Waals surface area contributed by atoms with Crippen molar-refractivity contribution < 1.29 is 28.3 Å². The van der Waals surface area contributed by atoms with E-state index in [9.17, 15) is 19.1 Å². The number of allylic oxidation sites excluding steroid dienone is 1. The number of aliphatic hydroxyl groups is 1. The number of rotatable bonds is 7. The third kappa shape index (κ3) is 5.54. The van der Waals surface area contributed by atoms with Crippen LogP contribution in [0.15, 0.2) is 46.1 Å². The Hall–Kier alpha value is -4.45. The zero-order chi connectivity index (χ0) is 26.7. The molecule has 1 saturated heterocycles. The third-order valence-corrected chi connectivity index (χ3v) is 5.97. The summed E-state index contributed by atoms with van der Waals surface area (Å²) >= 11 is 0. The van der Waals surface area contributed by atoms with Crippen molar-refractivity contribution >= 4 is 35.4 Å². The average molecular weight is 511 g/mol. The number of β-amino-alcohol motifs (C(OH)–C–C–N with tert-alkyl or cyclic N) is 1. The highest BCUT2D eigenvalue weighted by Gasteiger charge is 2.38. The van der Waals surface area contributed by atoms with Gasteiger partial charge in [-0.1, -0.05) is 5.16 Å². The molecule has 4 rings (SSSR count). The molecule has 194 valence electrons. The van der Waals surface area contributed by atoms with E-state index in [0.29, 0.717) is 28.3 Å². The van der Waals surface area contributed by atoms with Crippen LogP contribution in [-0.4, -0.2) is 64.0 Å². The maximum atomic E-state index is 14.8. The molecule has 3 aromatic rings. The second kappa shape index (κ2) is 10.7.